The number of ketones is 1. The van der Waals surface area contributed by atoms with Gasteiger partial charge in [-0.25, -0.2) is 4.79 Å². The van der Waals surface area contributed by atoms with Crippen LogP contribution in [-0.2, 0) is 28.7 Å². The van der Waals surface area contributed by atoms with Gasteiger partial charge < -0.3 is 9.64 Å². The zero-order valence-corrected chi connectivity index (χ0v) is 17.7. The van der Waals surface area contributed by atoms with Crippen molar-refractivity contribution in [3.8, 4) is 0 Å². The van der Waals surface area contributed by atoms with Crippen LogP contribution < -0.4 is 0 Å². The smallest absolute Gasteiger partial charge is 0.416 e. The van der Waals surface area contributed by atoms with Gasteiger partial charge in [0, 0.05) is 24.4 Å². The maximum absolute atomic E-state index is 13.3. The monoisotopic (exact) mass is 445 g/mol. The first-order valence-electron chi connectivity index (χ1n) is 11.0. The fourth-order valence-corrected chi connectivity index (χ4v) is 5.02. The third kappa shape index (κ3) is 4.97. The molecule has 2 bridgehead atoms. The fraction of sp³-hybridized carbons (Fsp3) is 0.440. The van der Waals surface area contributed by atoms with Crippen LogP contribution in [-0.4, -0.2) is 28.9 Å². The Morgan fingerprint density at radius 3 is 2.22 bits per heavy atom. The number of rotatable bonds is 5. The highest BCUT2D eigenvalue weighted by Crippen LogP contribution is 2.39. The summed E-state index contributed by atoms with van der Waals surface area (Å²) in [7, 11) is 0. The Balaban J connectivity index is 1.41. The van der Waals surface area contributed by atoms with Crippen molar-refractivity contribution in [3.05, 3.63) is 71.3 Å². The summed E-state index contributed by atoms with van der Waals surface area (Å²) in [6.07, 6.45) is -1.63. The average molecular weight is 445 g/mol. The quantitative estimate of drug-likeness (QED) is 0.586. The molecule has 0 spiro atoms. The number of alkyl halides is 3. The van der Waals surface area contributed by atoms with Crippen LogP contribution in [0.25, 0.3) is 0 Å². The summed E-state index contributed by atoms with van der Waals surface area (Å²) in [5.74, 6) is -0.527. The van der Waals surface area contributed by atoms with E-state index in [-0.39, 0.29) is 48.5 Å². The van der Waals surface area contributed by atoms with Crippen molar-refractivity contribution in [2.45, 2.75) is 63.4 Å². The number of fused-ring (bicyclic) bond motifs is 2. The number of Topliss-reactive ketones (excluding diaryl/α,β-unsaturated/α-hetero) is 1. The van der Waals surface area contributed by atoms with Gasteiger partial charge in [-0.1, -0.05) is 48.5 Å². The normalized spacial score (nSPS) is 23.0. The minimum atomic E-state index is -4.49. The Hall–Kier alpha value is -2.83. The first kappa shape index (κ1) is 22.4. The summed E-state index contributed by atoms with van der Waals surface area (Å²) < 4.78 is 45.4. The van der Waals surface area contributed by atoms with E-state index in [9.17, 15) is 22.8 Å². The molecule has 4 rings (SSSR count). The lowest BCUT2D eigenvalue weighted by Crippen LogP contribution is -2.55. The van der Waals surface area contributed by atoms with Gasteiger partial charge in [0.25, 0.3) is 0 Å². The van der Waals surface area contributed by atoms with Crippen LogP contribution in [0.5, 0.6) is 0 Å². The van der Waals surface area contributed by atoms with E-state index < -0.39 is 11.7 Å². The van der Waals surface area contributed by atoms with E-state index in [0.29, 0.717) is 12.8 Å². The number of hydrogen-bond acceptors (Lipinski definition) is 3. The highest BCUT2D eigenvalue weighted by molar-refractivity contribution is 5.84. The molecule has 0 aliphatic carbocycles. The van der Waals surface area contributed by atoms with Crippen molar-refractivity contribution in [2.24, 2.45) is 5.92 Å². The third-order valence-electron chi connectivity index (χ3n) is 6.53. The number of carbonyl (C=O) groups excluding carboxylic acids is 2. The van der Waals surface area contributed by atoms with Gasteiger partial charge in [0.05, 0.1) is 5.56 Å². The standard InChI is InChI=1S/C25H26F3NO3/c26-25(27,28)22-12-5-4-9-18(22)15-23(30)19-13-20-10-6-11-21(14-19)29(20)24(31)32-16-17-7-2-1-3-8-17/h1-5,7-9,12,19-21H,6,10-11,13-16H2. The molecule has 2 heterocycles. The molecule has 0 saturated carbocycles. The van der Waals surface area contributed by atoms with Gasteiger partial charge in [-0.2, -0.15) is 13.2 Å². The molecule has 2 aromatic carbocycles. The average Bonchev–Trinajstić information content (AvgIpc) is 2.77. The number of halogens is 3. The van der Waals surface area contributed by atoms with Crippen LogP contribution in [0, 0.1) is 5.92 Å². The molecule has 4 nitrogen and oxygen atoms in total. The molecular formula is C25H26F3NO3. The van der Waals surface area contributed by atoms with Gasteiger partial charge in [-0.15, -0.1) is 0 Å². The highest BCUT2D eigenvalue weighted by atomic mass is 19.4. The van der Waals surface area contributed by atoms with Crippen LogP contribution in [0.2, 0.25) is 0 Å². The zero-order chi connectivity index (χ0) is 22.7. The molecule has 7 heteroatoms. The van der Waals surface area contributed by atoms with Crippen molar-refractivity contribution in [1.29, 1.82) is 0 Å². The number of ether oxygens (including phenoxy) is 1. The number of nitrogens with zero attached hydrogens (tertiary/aromatic N) is 1. The van der Waals surface area contributed by atoms with Crippen molar-refractivity contribution < 1.29 is 27.5 Å². The van der Waals surface area contributed by atoms with Crippen molar-refractivity contribution in [3.63, 3.8) is 0 Å². The van der Waals surface area contributed by atoms with E-state index in [2.05, 4.69) is 0 Å². The first-order chi connectivity index (χ1) is 15.3. The van der Waals surface area contributed by atoms with E-state index in [1.807, 2.05) is 30.3 Å². The van der Waals surface area contributed by atoms with Gasteiger partial charge in [0.15, 0.2) is 0 Å². The number of amides is 1. The van der Waals surface area contributed by atoms with E-state index in [0.717, 1.165) is 30.9 Å². The van der Waals surface area contributed by atoms with E-state index >= 15 is 0 Å². The molecule has 2 saturated heterocycles. The Morgan fingerprint density at radius 2 is 1.56 bits per heavy atom. The second kappa shape index (κ2) is 9.35. The predicted molar refractivity (Wildman–Crippen MR) is 113 cm³/mol. The Bertz CT molecular complexity index is 946. The van der Waals surface area contributed by atoms with Crippen molar-refractivity contribution in [2.75, 3.05) is 0 Å². The lowest BCUT2D eigenvalue weighted by Gasteiger charge is -2.47. The SMILES string of the molecule is O=C(Cc1ccccc1C(F)(F)F)C1CC2CCCC(C1)N2C(=O)OCc1ccccc1. The summed E-state index contributed by atoms with van der Waals surface area (Å²) in [5.41, 5.74) is 0.162. The molecule has 2 unspecified atom stereocenters. The summed E-state index contributed by atoms with van der Waals surface area (Å²) >= 11 is 0. The van der Waals surface area contributed by atoms with Crippen LogP contribution in [0.4, 0.5) is 18.0 Å². The van der Waals surface area contributed by atoms with Crippen LogP contribution in [0.3, 0.4) is 0 Å². The lowest BCUT2D eigenvalue weighted by atomic mass is 9.76. The maximum Gasteiger partial charge on any atom is 0.416 e. The van der Waals surface area contributed by atoms with Gasteiger partial charge in [0.2, 0.25) is 0 Å². The molecule has 0 radical (unpaired) electrons. The minimum absolute atomic E-state index is 0.0138. The molecule has 2 fully saturated rings. The second-order valence-corrected chi connectivity index (χ2v) is 8.65. The Kier molecular flexibility index (Phi) is 6.53. The fourth-order valence-electron chi connectivity index (χ4n) is 5.02. The molecule has 2 atom stereocenters. The Labute approximate surface area is 185 Å². The summed E-state index contributed by atoms with van der Waals surface area (Å²) in [6, 6.07) is 14.5. The minimum Gasteiger partial charge on any atom is -0.445 e. The van der Waals surface area contributed by atoms with Gasteiger partial charge in [-0.05, 0) is 49.3 Å². The number of hydrogen-bond donors (Lipinski definition) is 0. The predicted octanol–water partition coefficient (Wildman–Crippen LogP) is 5.79. The van der Waals surface area contributed by atoms with Gasteiger partial charge in [0.1, 0.15) is 12.4 Å². The summed E-state index contributed by atoms with van der Waals surface area (Å²) in [6.45, 7) is 0.187. The van der Waals surface area contributed by atoms with Gasteiger partial charge >= 0.3 is 12.3 Å². The highest BCUT2D eigenvalue weighted by Gasteiger charge is 2.44. The molecule has 2 aliphatic heterocycles. The second-order valence-electron chi connectivity index (χ2n) is 8.65. The molecule has 170 valence electrons. The Morgan fingerprint density at radius 1 is 0.938 bits per heavy atom. The van der Waals surface area contributed by atoms with Crippen LogP contribution in [0.15, 0.2) is 54.6 Å². The third-order valence-corrected chi connectivity index (χ3v) is 6.53. The number of piperidine rings is 2. The number of benzene rings is 2. The molecule has 2 aromatic rings. The molecule has 0 N–H and O–H groups in total. The van der Waals surface area contributed by atoms with Crippen molar-refractivity contribution >= 4 is 11.9 Å². The van der Waals surface area contributed by atoms with Gasteiger partial charge in [-0.3, -0.25) is 4.79 Å². The van der Waals surface area contributed by atoms with Crippen molar-refractivity contribution in [1.82, 2.24) is 4.90 Å². The molecular weight excluding hydrogens is 419 g/mol. The van der Waals surface area contributed by atoms with E-state index in [1.54, 1.807) is 4.90 Å². The molecule has 2 aliphatic rings. The maximum atomic E-state index is 13.3. The number of carbonyl (C=O) groups is 2. The van der Waals surface area contributed by atoms with E-state index in [1.165, 1.54) is 18.2 Å². The topological polar surface area (TPSA) is 46.6 Å². The molecule has 1 amide bonds. The summed E-state index contributed by atoms with van der Waals surface area (Å²) in [4.78, 5) is 27.5. The largest absolute Gasteiger partial charge is 0.445 e. The zero-order valence-electron chi connectivity index (χ0n) is 17.7. The lowest BCUT2D eigenvalue weighted by molar-refractivity contribution is -0.138. The molecule has 0 aromatic heterocycles. The van der Waals surface area contributed by atoms with E-state index in [4.69, 9.17) is 4.74 Å². The first-order valence-corrected chi connectivity index (χ1v) is 11.0. The molecule has 32 heavy (non-hydrogen) atoms. The van der Waals surface area contributed by atoms with Crippen LogP contribution >= 0.6 is 0 Å². The van der Waals surface area contributed by atoms with Crippen LogP contribution in [0.1, 0.15) is 48.8 Å². The summed E-state index contributed by atoms with van der Waals surface area (Å²) in [5, 5.41) is 0.